The Hall–Kier alpha value is -3.06. The topological polar surface area (TPSA) is 66.4 Å². The fourth-order valence-corrected chi connectivity index (χ4v) is 3.36. The molecule has 3 rings (SSSR count). The van der Waals surface area contributed by atoms with Gasteiger partial charge in [-0.1, -0.05) is 48.5 Å². The normalized spacial score (nSPS) is 13.4. The van der Waals surface area contributed by atoms with Crippen molar-refractivity contribution in [3.8, 4) is 23.5 Å². The van der Waals surface area contributed by atoms with E-state index in [1.54, 1.807) is 0 Å². The summed E-state index contributed by atoms with van der Waals surface area (Å²) >= 11 is 0. The van der Waals surface area contributed by atoms with E-state index in [1.807, 2.05) is 48.5 Å². The van der Waals surface area contributed by atoms with Crippen LogP contribution in [0.4, 0.5) is 0 Å². The van der Waals surface area contributed by atoms with Crippen LogP contribution in [-0.2, 0) is 9.59 Å². The highest BCUT2D eigenvalue weighted by Crippen LogP contribution is 2.44. The quantitative estimate of drug-likeness (QED) is 0.630. The van der Waals surface area contributed by atoms with Crippen molar-refractivity contribution < 1.29 is 14.7 Å². The molecule has 2 aromatic carbocycles. The van der Waals surface area contributed by atoms with Gasteiger partial charge in [0.1, 0.15) is 6.04 Å². The van der Waals surface area contributed by atoms with Crippen LogP contribution in [0.2, 0.25) is 0 Å². The maximum atomic E-state index is 12.9. The largest absolute Gasteiger partial charge is 0.480 e. The Balaban J connectivity index is 1.87. The van der Waals surface area contributed by atoms with Gasteiger partial charge in [-0.2, -0.15) is 0 Å². The highest BCUT2D eigenvalue weighted by molar-refractivity contribution is 5.97. The first kappa shape index (κ1) is 16.8. The summed E-state index contributed by atoms with van der Waals surface area (Å²) in [5, 5.41) is 12.1. The van der Waals surface area contributed by atoms with Gasteiger partial charge in [0.05, 0.1) is 5.92 Å². The molecule has 0 unspecified atom stereocenters. The third-order valence-electron chi connectivity index (χ3n) is 4.52. The SMILES string of the molecule is C#CCCC[C@H](NC(=O)C1c2ccccc2-c2ccccc21)C(=O)O. The number of carbonyl (C=O) groups is 2. The Kier molecular flexibility index (Phi) is 4.85. The fraction of sp³-hybridized carbons (Fsp3) is 0.238. The number of aliphatic carboxylic acids is 1. The second-order valence-corrected chi connectivity index (χ2v) is 6.10. The number of unbranched alkanes of at least 4 members (excludes halogenated alkanes) is 1. The van der Waals surface area contributed by atoms with Gasteiger partial charge in [0.25, 0.3) is 0 Å². The highest BCUT2D eigenvalue weighted by atomic mass is 16.4. The molecule has 2 N–H and O–H groups in total. The van der Waals surface area contributed by atoms with Crippen LogP contribution >= 0.6 is 0 Å². The van der Waals surface area contributed by atoms with Gasteiger partial charge in [-0.15, -0.1) is 12.3 Å². The lowest BCUT2D eigenvalue weighted by molar-refractivity contribution is -0.142. The Morgan fingerprint density at radius 2 is 1.64 bits per heavy atom. The van der Waals surface area contributed by atoms with Crippen molar-refractivity contribution in [1.82, 2.24) is 5.32 Å². The van der Waals surface area contributed by atoms with E-state index >= 15 is 0 Å². The molecule has 2 aromatic rings. The van der Waals surface area contributed by atoms with Crippen LogP contribution in [0.1, 0.15) is 36.3 Å². The predicted octanol–water partition coefficient (Wildman–Crippen LogP) is 3.17. The molecule has 25 heavy (non-hydrogen) atoms. The number of nitrogens with one attached hydrogen (secondary N) is 1. The zero-order chi connectivity index (χ0) is 17.8. The molecule has 0 aromatic heterocycles. The number of rotatable bonds is 6. The lowest BCUT2D eigenvalue weighted by Crippen LogP contribution is -2.43. The van der Waals surface area contributed by atoms with Gasteiger partial charge in [0.2, 0.25) is 5.91 Å². The smallest absolute Gasteiger partial charge is 0.326 e. The van der Waals surface area contributed by atoms with Crippen molar-refractivity contribution in [2.45, 2.75) is 31.2 Å². The number of hydrogen-bond donors (Lipinski definition) is 2. The van der Waals surface area contributed by atoms with Crippen LogP contribution < -0.4 is 5.32 Å². The van der Waals surface area contributed by atoms with E-state index in [1.165, 1.54) is 0 Å². The van der Waals surface area contributed by atoms with Crippen molar-refractivity contribution in [2.75, 3.05) is 0 Å². The average Bonchev–Trinajstić information content (AvgIpc) is 2.95. The van der Waals surface area contributed by atoms with Crippen molar-refractivity contribution in [3.63, 3.8) is 0 Å². The monoisotopic (exact) mass is 333 g/mol. The molecule has 4 heteroatoms. The third-order valence-corrected chi connectivity index (χ3v) is 4.52. The molecule has 0 radical (unpaired) electrons. The lowest BCUT2D eigenvalue weighted by Gasteiger charge is -2.18. The molecular formula is C21H19NO3. The van der Waals surface area contributed by atoms with Crippen LogP contribution in [-0.4, -0.2) is 23.0 Å². The van der Waals surface area contributed by atoms with E-state index in [9.17, 15) is 14.7 Å². The van der Waals surface area contributed by atoms with Crippen molar-refractivity contribution >= 4 is 11.9 Å². The molecule has 0 aliphatic heterocycles. The summed E-state index contributed by atoms with van der Waals surface area (Å²) in [6.07, 6.45) is 6.59. The Morgan fingerprint density at radius 3 is 2.16 bits per heavy atom. The minimum atomic E-state index is -1.04. The van der Waals surface area contributed by atoms with Gasteiger partial charge in [-0.25, -0.2) is 4.79 Å². The molecular weight excluding hydrogens is 314 g/mol. The van der Waals surface area contributed by atoms with Crippen LogP contribution in [0.3, 0.4) is 0 Å². The van der Waals surface area contributed by atoms with Crippen LogP contribution in [0.25, 0.3) is 11.1 Å². The molecule has 1 aliphatic carbocycles. The van der Waals surface area contributed by atoms with Gasteiger partial charge in [-0.3, -0.25) is 4.79 Å². The number of hydrogen-bond acceptors (Lipinski definition) is 2. The van der Waals surface area contributed by atoms with E-state index in [-0.39, 0.29) is 5.91 Å². The first-order chi connectivity index (χ1) is 12.1. The summed E-state index contributed by atoms with van der Waals surface area (Å²) in [6.45, 7) is 0. The minimum Gasteiger partial charge on any atom is -0.480 e. The van der Waals surface area contributed by atoms with Gasteiger partial charge in [0, 0.05) is 6.42 Å². The summed E-state index contributed by atoms with van der Waals surface area (Å²) in [5.41, 5.74) is 3.87. The second kappa shape index (κ2) is 7.23. The Morgan fingerprint density at radius 1 is 1.08 bits per heavy atom. The molecule has 4 nitrogen and oxygen atoms in total. The lowest BCUT2D eigenvalue weighted by atomic mass is 9.95. The first-order valence-electron chi connectivity index (χ1n) is 8.28. The zero-order valence-electron chi connectivity index (χ0n) is 13.7. The molecule has 126 valence electrons. The Labute approximate surface area is 146 Å². The van der Waals surface area contributed by atoms with Crippen LogP contribution in [0.15, 0.2) is 48.5 Å². The minimum absolute atomic E-state index is 0.287. The molecule has 0 saturated carbocycles. The first-order valence-corrected chi connectivity index (χ1v) is 8.28. The van der Waals surface area contributed by atoms with Gasteiger partial charge >= 0.3 is 5.97 Å². The summed E-state index contributed by atoms with van der Waals surface area (Å²) in [4.78, 5) is 24.4. The number of benzene rings is 2. The van der Waals surface area contributed by atoms with E-state index in [2.05, 4.69) is 11.2 Å². The standard InChI is InChI=1S/C21H19NO3/c1-2-3-4-13-18(21(24)25)22-20(23)19-16-11-7-5-9-14(16)15-10-6-8-12-17(15)19/h1,5-12,18-19H,3-4,13H2,(H,22,23)(H,24,25)/t18-/m0/s1. The van der Waals surface area contributed by atoms with E-state index in [4.69, 9.17) is 6.42 Å². The van der Waals surface area contributed by atoms with Crippen molar-refractivity contribution in [2.24, 2.45) is 0 Å². The molecule has 0 bridgehead atoms. The average molecular weight is 333 g/mol. The fourth-order valence-electron chi connectivity index (χ4n) is 3.36. The van der Waals surface area contributed by atoms with E-state index < -0.39 is 17.9 Å². The molecule has 0 saturated heterocycles. The third kappa shape index (κ3) is 3.27. The Bertz CT molecular complexity index is 805. The van der Waals surface area contributed by atoms with E-state index in [0.717, 1.165) is 22.3 Å². The van der Waals surface area contributed by atoms with Crippen LogP contribution in [0.5, 0.6) is 0 Å². The molecule has 0 fully saturated rings. The molecule has 0 heterocycles. The summed E-state index contributed by atoms with van der Waals surface area (Å²) < 4.78 is 0. The maximum Gasteiger partial charge on any atom is 0.326 e. The number of carbonyl (C=O) groups excluding carboxylic acids is 1. The summed E-state index contributed by atoms with van der Waals surface area (Å²) in [7, 11) is 0. The molecule has 1 amide bonds. The predicted molar refractivity (Wildman–Crippen MR) is 96.0 cm³/mol. The molecule has 1 atom stereocenters. The summed E-state index contributed by atoms with van der Waals surface area (Å²) in [5.74, 6) is 0.683. The number of terminal acetylenes is 1. The van der Waals surface area contributed by atoms with Gasteiger partial charge in [0.15, 0.2) is 0 Å². The zero-order valence-corrected chi connectivity index (χ0v) is 13.7. The van der Waals surface area contributed by atoms with Gasteiger partial charge < -0.3 is 10.4 Å². The number of fused-ring (bicyclic) bond motifs is 3. The van der Waals surface area contributed by atoms with Gasteiger partial charge in [-0.05, 0) is 35.1 Å². The maximum absolute atomic E-state index is 12.9. The number of carboxylic acids is 1. The molecule has 1 aliphatic rings. The summed E-state index contributed by atoms with van der Waals surface area (Å²) in [6, 6.07) is 14.6. The van der Waals surface area contributed by atoms with Crippen LogP contribution in [0, 0.1) is 12.3 Å². The number of carboxylic acid groups (broad SMARTS) is 1. The van der Waals surface area contributed by atoms with Crippen molar-refractivity contribution in [1.29, 1.82) is 0 Å². The molecule has 0 spiro atoms. The van der Waals surface area contributed by atoms with Crippen molar-refractivity contribution in [3.05, 3.63) is 59.7 Å². The second-order valence-electron chi connectivity index (χ2n) is 6.10. The van der Waals surface area contributed by atoms with E-state index in [0.29, 0.717) is 19.3 Å². The highest BCUT2D eigenvalue weighted by Gasteiger charge is 2.35. The number of amides is 1.